The fourth-order valence-electron chi connectivity index (χ4n) is 6.77. The number of unbranched alkanes of at least 4 members (excludes halogenated alkanes) is 23. The van der Waals surface area contributed by atoms with E-state index in [0.29, 0.717) is 19.3 Å². The maximum atomic E-state index is 12.7. The summed E-state index contributed by atoms with van der Waals surface area (Å²) in [5.74, 6) is -0.898. The molecule has 0 amide bonds. The molecule has 0 fully saturated rings. The smallest absolute Gasteiger partial charge is 0.306 e. The van der Waals surface area contributed by atoms with Crippen LogP contribution in [0.15, 0.2) is 60.8 Å². The Hall–Kier alpha value is -2.89. The van der Waals surface area contributed by atoms with Crippen molar-refractivity contribution in [3.05, 3.63) is 60.8 Å². The molecule has 6 heteroatoms. The number of allylic oxidation sites excluding steroid dienone is 10. The molecule has 1 unspecified atom stereocenters. The lowest BCUT2D eigenvalue weighted by Gasteiger charge is -2.18. The van der Waals surface area contributed by atoms with Gasteiger partial charge in [0.1, 0.15) is 13.2 Å². The van der Waals surface area contributed by atoms with Gasteiger partial charge in [-0.15, -0.1) is 0 Å². The molecule has 0 aliphatic rings. The molecule has 0 rings (SSSR count). The Kier molecular flexibility index (Phi) is 45.4. The molecule has 0 radical (unpaired) electrons. The lowest BCUT2D eigenvalue weighted by atomic mass is 10.1. The van der Waals surface area contributed by atoms with Gasteiger partial charge in [0.15, 0.2) is 6.10 Å². The predicted molar refractivity (Wildman–Crippen MR) is 251 cm³/mol. The normalized spacial score (nSPS) is 12.5. The van der Waals surface area contributed by atoms with Crippen LogP contribution in [0.1, 0.15) is 239 Å². The van der Waals surface area contributed by atoms with Crippen LogP contribution in [0.25, 0.3) is 0 Å². The van der Waals surface area contributed by atoms with Crippen LogP contribution in [-0.4, -0.2) is 37.2 Å². The van der Waals surface area contributed by atoms with Gasteiger partial charge in [-0.3, -0.25) is 14.4 Å². The first-order valence-electron chi connectivity index (χ1n) is 24.8. The first-order valence-corrected chi connectivity index (χ1v) is 24.8. The maximum Gasteiger partial charge on any atom is 0.306 e. The lowest BCUT2D eigenvalue weighted by Crippen LogP contribution is -2.30. The van der Waals surface area contributed by atoms with Crippen molar-refractivity contribution in [1.29, 1.82) is 0 Å². The molecule has 0 aliphatic carbocycles. The Morgan fingerprint density at radius 3 is 1.10 bits per heavy atom. The zero-order valence-corrected chi connectivity index (χ0v) is 38.8. The summed E-state index contributed by atoms with van der Waals surface area (Å²) in [7, 11) is 0. The van der Waals surface area contributed by atoms with E-state index in [-0.39, 0.29) is 31.1 Å². The van der Waals surface area contributed by atoms with Crippen LogP contribution in [0.3, 0.4) is 0 Å². The van der Waals surface area contributed by atoms with E-state index in [0.717, 1.165) is 96.3 Å². The Labute approximate surface area is 364 Å². The zero-order chi connectivity index (χ0) is 43.0. The number of hydrogen-bond donors (Lipinski definition) is 0. The van der Waals surface area contributed by atoms with Crippen LogP contribution in [0.2, 0.25) is 0 Å². The Morgan fingerprint density at radius 1 is 0.356 bits per heavy atom. The molecule has 0 aliphatic heterocycles. The summed E-state index contributed by atoms with van der Waals surface area (Å²) < 4.78 is 16.7. The fraction of sp³-hybridized carbons (Fsp3) is 0.755. The minimum absolute atomic E-state index is 0.0780. The number of hydrogen-bond acceptors (Lipinski definition) is 6. The van der Waals surface area contributed by atoms with Crippen molar-refractivity contribution in [2.45, 2.75) is 245 Å². The van der Waals surface area contributed by atoms with E-state index in [9.17, 15) is 14.4 Å². The zero-order valence-electron chi connectivity index (χ0n) is 38.8. The van der Waals surface area contributed by atoms with Crippen molar-refractivity contribution >= 4 is 17.9 Å². The van der Waals surface area contributed by atoms with Crippen molar-refractivity contribution in [3.8, 4) is 0 Å². The highest BCUT2D eigenvalue weighted by atomic mass is 16.6. The van der Waals surface area contributed by atoms with Gasteiger partial charge < -0.3 is 14.2 Å². The van der Waals surface area contributed by atoms with Crippen molar-refractivity contribution < 1.29 is 28.6 Å². The van der Waals surface area contributed by atoms with Gasteiger partial charge in [0.2, 0.25) is 0 Å². The first kappa shape index (κ1) is 56.1. The van der Waals surface area contributed by atoms with Gasteiger partial charge in [-0.25, -0.2) is 0 Å². The molecule has 0 aromatic rings. The largest absolute Gasteiger partial charge is 0.462 e. The topological polar surface area (TPSA) is 78.9 Å². The predicted octanol–water partition coefficient (Wildman–Crippen LogP) is 16.1. The van der Waals surface area contributed by atoms with Crippen LogP contribution in [0.5, 0.6) is 0 Å². The molecule has 59 heavy (non-hydrogen) atoms. The third kappa shape index (κ3) is 46.0. The molecule has 0 bridgehead atoms. The molecule has 0 N–H and O–H groups in total. The first-order chi connectivity index (χ1) is 29.0. The van der Waals surface area contributed by atoms with Crippen LogP contribution < -0.4 is 0 Å². The molecule has 6 nitrogen and oxygen atoms in total. The summed E-state index contributed by atoms with van der Waals surface area (Å²) in [5.41, 5.74) is 0. The number of esters is 3. The number of rotatable bonds is 44. The summed E-state index contributed by atoms with van der Waals surface area (Å²) in [6.07, 6.45) is 58.0. The van der Waals surface area contributed by atoms with Gasteiger partial charge in [0.25, 0.3) is 0 Å². The summed E-state index contributed by atoms with van der Waals surface area (Å²) in [6.45, 7) is 6.43. The van der Waals surface area contributed by atoms with Gasteiger partial charge in [0, 0.05) is 19.3 Å². The van der Waals surface area contributed by atoms with Crippen molar-refractivity contribution in [2.24, 2.45) is 0 Å². The molecular formula is C53H92O6. The SMILES string of the molecule is CC/C=C\C/C=C\C/C=C\C/C=C\CCCCCCCCCCCCC(=O)OCC(COC(=O)CCCCCCCCC)OC(=O)CCCCCCC/C=C\CCCC. The van der Waals surface area contributed by atoms with E-state index >= 15 is 0 Å². The van der Waals surface area contributed by atoms with Crippen LogP contribution in [0, 0.1) is 0 Å². The van der Waals surface area contributed by atoms with E-state index in [1.54, 1.807) is 0 Å². The van der Waals surface area contributed by atoms with E-state index in [1.807, 2.05) is 0 Å². The van der Waals surface area contributed by atoms with Gasteiger partial charge >= 0.3 is 17.9 Å². The number of carbonyl (C=O) groups excluding carboxylic acids is 3. The highest BCUT2D eigenvalue weighted by Crippen LogP contribution is 2.14. The lowest BCUT2D eigenvalue weighted by molar-refractivity contribution is -0.167. The summed E-state index contributed by atoms with van der Waals surface area (Å²) in [4.78, 5) is 37.7. The second kappa shape index (κ2) is 47.8. The maximum absolute atomic E-state index is 12.7. The fourth-order valence-corrected chi connectivity index (χ4v) is 6.77. The van der Waals surface area contributed by atoms with E-state index in [1.165, 1.54) is 103 Å². The number of ether oxygens (including phenoxy) is 3. The van der Waals surface area contributed by atoms with Crippen LogP contribution in [0.4, 0.5) is 0 Å². The summed E-state index contributed by atoms with van der Waals surface area (Å²) in [6, 6.07) is 0. The molecular weight excluding hydrogens is 733 g/mol. The molecule has 0 saturated heterocycles. The average Bonchev–Trinajstić information content (AvgIpc) is 3.23. The highest BCUT2D eigenvalue weighted by Gasteiger charge is 2.19. The Bertz CT molecular complexity index is 1090. The average molecular weight is 825 g/mol. The van der Waals surface area contributed by atoms with Gasteiger partial charge in [-0.1, -0.05) is 204 Å². The summed E-state index contributed by atoms with van der Waals surface area (Å²) in [5, 5.41) is 0. The monoisotopic (exact) mass is 825 g/mol. The van der Waals surface area contributed by atoms with E-state index < -0.39 is 6.10 Å². The quantitative estimate of drug-likeness (QED) is 0.0263. The van der Waals surface area contributed by atoms with Crippen LogP contribution in [-0.2, 0) is 28.6 Å². The molecule has 0 heterocycles. The minimum Gasteiger partial charge on any atom is -0.462 e. The number of carbonyl (C=O) groups is 3. The van der Waals surface area contributed by atoms with Gasteiger partial charge in [-0.2, -0.15) is 0 Å². The minimum atomic E-state index is -0.774. The molecule has 0 spiro atoms. The summed E-state index contributed by atoms with van der Waals surface area (Å²) >= 11 is 0. The standard InChI is InChI=1S/C53H92O6/c1-4-7-10-13-16-18-20-21-22-23-24-25-26-27-28-29-30-31-33-34-37-40-43-46-52(55)58-49-50(48-57-51(54)45-42-39-36-15-12-9-6-3)59-53(56)47-44-41-38-35-32-19-17-14-11-8-5-2/h7,10,14,16-18,21-22,24-25,50H,4-6,8-9,11-13,15,19-20,23,26-49H2,1-3H3/b10-7-,17-14-,18-16-,22-21-,25-24-. The van der Waals surface area contributed by atoms with E-state index in [4.69, 9.17) is 14.2 Å². The molecule has 0 aromatic heterocycles. The van der Waals surface area contributed by atoms with Gasteiger partial charge in [0.05, 0.1) is 0 Å². The Balaban J connectivity index is 4.17. The third-order valence-corrected chi connectivity index (χ3v) is 10.5. The Morgan fingerprint density at radius 2 is 0.678 bits per heavy atom. The third-order valence-electron chi connectivity index (χ3n) is 10.5. The molecule has 0 aromatic carbocycles. The van der Waals surface area contributed by atoms with Crippen molar-refractivity contribution in [1.82, 2.24) is 0 Å². The van der Waals surface area contributed by atoms with Crippen LogP contribution >= 0.6 is 0 Å². The van der Waals surface area contributed by atoms with Gasteiger partial charge in [-0.05, 0) is 77.0 Å². The highest BCUT2D eigenvalue weighted by molar-refractivity contribution is 5.71. The second-order valence-corrected chi connectivity index (χ2v) is 16.3. The van der Waals surface area contributed by atoms with Crippen molar-refractivity contribution in [3.63, 3.8) is 0 Å². The molecule has 340 valence electrons. The molecule has 1 atom stereocenters. The second-order valence-electron chi connectivity index (χ2n) is 16.3. The van der Waals surface area contributed by atoms with Crippen molar-refractivity contribution in [2.75, 3.05) is 13.2 Å². The van der Waals surface area contributed by atoms with E-state index in [2.05, 4.69) is 81.5 Å². The molecule has 0 saturated carbocycles.